The fraction of sp³-hybridized carbons (Fsp3) is 0.353. The summed E-state index contributed by atoms with van der Waals surface area (Å²) in [6, 6.07) is 5.78. The van der Waals surface area contributed by atoms with Gasteiger partial charge in [-0.15, -0.1) is 10.2 Å². The van der Waals surface area contributed by atoms with Crippen LogP contribution in [-0.4, -0.2) is 25.8 Å². The number of thioether (sulfide) groups is 1. The molecule has 0 amide bonds. The highest BCUT2D eigenvalue weighted by Crippen LogP contribution is 2.29. The number of carbonyl (C=O) groups excluding carboxylic acids is 1. The monoisotopic (exact) mass is 361 g/mol. The van der Waals surface area contributed by atoms with Gasteiger partial charge in [0.25, 0.3) is 0 Å². The zero-order valence-electron chi connectivity index (χ0n) is 14.1. The normalized spacial score (nSPS) is 12.5. The molecule has 7 heteroatoms. The Morgan fingerprint density at radius 1 is 1.38 bits per heavy atom. The van der Waals surface area contributed by atoms with E-state index in [-0.39, 0.29) is 11.0 Å². The van der Waals surface area contributed by atoms with Gasteiger partial charge in [0.1, 0.15) is 10.8 Å². The van der Waals surface area contributed by atoms with Crippen molar-refractivity contribution in [2.24, 2.45) is 0 Å². The van der Waals surface area contributed by atoms with Gasteiger partial charge in [-0.05, 0) is 45.9 Å². The van der Waals surface area contributed by atoms with Crippen molar-refractivity contribution in [3.63, 3.8) is 0 Å². The quantitative estimate of drug-likeness (QED) is 0.485. The van der Waals surface area contributed by atoms with E-state index in [1.165, 1.54) is 23.1 Å². The molecular weight excluding hydrogens is 342 g/mol. The summed E-state index contributed by atoms with van der Waals surface area (Å²) in [6.45, 7) is 8.46. The highest BCUT2D eigenvalue weighted by atomic mass is 32.2. The van der Waals surface area contributed by atoms with Crippen molar-refractivity contribution in [3.8, 4) is 0 Å². The van der Waals surface area contributed by atoms with E-state index in [4.69, 9.17) is 4.42 Å². The predicted octanol–water partition coefficient (Wildman–Crippen LogP) is 4.27. The lowest BCUT2D eigenvalue weighted by atomic mass is 10.1. The summed E-state index contributed by atoms with van der Waals surface area (Å²) >= 11 is 2.98. The van der Waals surface area contributed by atoms with Crippen LogP contribution in [-0.2, 0) is 6.54 Å². The Bertz CT molecular complexity index is 849. The second kappa shape index (κ2) is 6.94. The number of carbonyl (C=O) groups is 1. The van der Waals surface area contributed by atoms with Crippen molar-refractivity contribution in [1.29, 1.82) is 0 Å². The fourth-order valence-corrected chi connectivity index (χ4v) is 4.63. The Morgan fingerprint density at radius 3 is 2.79 bits per heavy atom. The van der Waals surface area contributed by atoms with E-state index in [1.807, 2.05) is 45.9 Å². The number of aromatic nitrogens is 3. The zero-order chi connectivity index (χ0) is 17.3. The van der Waals surface area contributed by atoms with Gasteiger partial charge in [0.15, 0.2) is 10.1 Å². The van der Waals surface area contributed by atoms with E-state index in [1.54, 1.807) is 6.26 Å². The predicted molar refractivity (Wildman–Crippen MR) is 96.0 cm³/mol. The van der Waals surface area contributed by atoms with E-state index in [2.05, 4.69) is 14.8 Å². The summed E-state index contributed by atoms with van der Waals surface area (Å²) < 4.78 is 8.36. The summed E-state index contributed by atoms with van der Waals surface area (Å²) in [5, 5.41) is 8.80. The molecule has 126 valence electrons. The molecule has 0 unspecified atom stereocenters. The van der Waals surface area contributed by atoms with Crippen LogP contribution in [0.4, 0.5) is 0 Å². The molecule has 0 radical (unpaired) electrons. The first-order valence-corrected chi connectivity index (χ1v) is 9.35. The third-order valence-corrected chi connectivity index (χ3v) is 5.91. The molecule has 0 aliphatic carbocycles. The maximum Gasteiger partial charge on any atom is 0.177 e. The molecule has 24 heavy (non-hydrogen) atoms. The van der Waals surface area contributed by atoms with Crippen LogP contribution in [0.3, 0.4) is 0 Å². The van der Waals surface area contributed by atoms with Gasteiger partial charge in [0.2, 0.25) is 0 Å². The minimum atomic E-state index is -0.199. The summed E-state index contributed by atoms with van der Waals surface area (Å²) in [5.74, 6) is 0.995. The number of aryl methyl sites for hydroxylation is 2. The maximum absolute atomic E-state index is 12.8. The third kappa shape index (κ3) is 3.47. The lowest BCUT2D eigenvalue weighted by Gasteiger charge is -2.10. The van der Waals surface area contributed by atoms with Gasteiger partial charge in [-0.1, -0.05) is 23.1 Å². The second-order valence-corrected chi connectivity index (χ2v) is 8.43. The molecule has 0 spiro atoms. The minimum absolute atomic E-state index is 0.117. The molecule has 0 bridgehead atoms. The van der Waals surface area contributed by atoms with Crippen LogP contribution < -0.4 is 0 Å². The number of furan rings is 1. The largest absolute Gasteiger partial charge is 0.467 e. The molecular formula is C17H19N3O2S2. The molecule has 3 rings (SSSR count). The molecule has 3 aromatic heterocycles. The van der Waals surface area contributed by atoms with Crippen molar-refractivity contribution >= 4 is 28.9 Å². The van der Waals surface area contributed by atoms with Crippen molar-refractivity contribution in [2.75, 3.05) is 0 Å². The second-order valence-electron chi connectivity index (χ2n) is 5.66. The zero-order valence-corrected chi connectivity index (χ0v) is 15.7. The van der Waals surface area contributed by atoms with Crippen molar-refractivity contribution < 1.29 is 9.21 Å². The number of hydrogen-bond donors (Lipinski definition) is 0. The average molecular weight is 361 g/mol. The molecule has 3 heterocycles. The lowest BCUT2D eigenvalue weighted by molar-refractivity contribution is 0.0993. The Kier molecular flexibility index (Phi) is 4.91. The first-order chi connectivity index (χ1) is 11.5. The van der Waals surface area contributed by atoms with Gasteiger partial charge in [-0.3, -0.25) is 4.79 Å². The SMILES string of the molecule is Cc1nnc(S[C@H](C)C(=O)c2cc(C)n(Cc3ccco3)c2C)s1. The highest BCUT2D eigenvalue weighted by Gasteiger charge is 2.23. The van der Waals surface area contributed by atoms with Gasteiger partial charge >= 0.3 is 0 Å². The molecule has 0 aromatic carbocycles. The van der Waals surface area contributed by atoms with Crippen LogP contribution in [0.15, 0.2) is 33.2 Å². The summed E-state index contributed by atoms with van der Waals surface area (Å²) in [4.78, 5) is 12.8. The number of rotatable bonds is 6. The van der Waals surface area contributed by atoms with Gasteiger partial charge in [0.05, 0.1) is 18.1 Å². The summed E-state index contributed by atoms with van der Waals surface area (Å²) in [5.41, 5.74) is 2.78. The number of ketones is 1. The van der Waals surface area contributed by atoms with E-state index >= 15 is 0 Å². The standard InChI is InChI=1S/C17H19N3O2S2/c1-10-8-15(11(2)20(10)9-14-6-5-7-22-14)16(21)12(3)23-17-19-18-13(4)24-17/h5-8,12H,9H2,1-4H3/t12-/m1/s1. The molecule has 0 saturated heterocycles. The molecule has 0 aliphatic rings. The molecule has 0 fully saturated rings. The van der Waals surface area contributed by atoms with Crippen molar-refractivity contribution in [1.82, 2.24) is 14.8 Å². The van der Waals surface area contributed by atoms with Gasteiger partial charge < -0.3 is 8.98 Å². The molecule has 0 aliphatic heterocycles. The first kappa shape index (κ1) is 17.0. The summed E-state index contributed by atoms with van der Waals surface area (Å²) in [6.07, 6.45) is 1.67. The Hall–Kier alpha value is -1.86. The molecule has 1 atom stereocenters. The van der Waals surface area contributed by atoms with Gasteiger partial charge in [-0.25, -0.2) is 0 Å². The number of hydrogen-bond acceptors (Lipinski definition) is 6. The van der Waals surface area contributed by atoms with E-state index < -0.39 is 0 Å². The topological polar surface area (TPSA) is 60.9 Å². The van der Waals surface area contributed by atoms with Gasteiger partial charge in [-0.2, -0.15) is 0 Å². The Labute approximate surface area is 149 Å². The Balaban J connectivity index is 1.79. The van der Waals surface area contributed by atoms with Crippen LogP contribution in [0.25, 0.3) is 0 Å². The van der Waals surface area contributed by atoms with E-state index in [9.17, 15) is 4.79 Å². The smallest absolute Gasteiger partial charge is 0.177 e. The first-order valence-electron chi connectivity index (χ1n) is 7.65. The van der Waals surface area contributed by atoms with Crippen LogP contribution in [0.2, 0.25) is 0 Å². The maximum atomic E-state index is 12.8. The van der Waals surface area contributed by atoms with E-state index in [0.717, 1.165) is 32.1 Å². The number of nitrogens with zero attached hydrogens (tertiary/aromatic N) is 3. The van der Waals surface area contributed by atoms with Crippen LogP contribution in [0, 0.1) is 20.8 Å². The number of Topliss-reactive ketones (excluding diaryl/α,β-unsaturated/α-hetero) is 1. The summed E-state index contributed by atoms with van der Waals surface area (Å²) in [7, 11) is 0. The van der Waals surface area contributed by atoms with Crippen molar-refractivity contribution in [3.05, 3.63) is 52.2 Å². The van der Waals surface area contributed by atoms with Crippen LogP contribution >= 0.6 is 23.1 Å². The lowest BCUT2D eigenvalue weighted by Crippen LogP contribution is -2.14. The third-order valence-electron chi connectivity index (χ3n) is 3.89. The van der Waals surface area contributed by atoms with Crippen LogP contribution in [0.5, 0.6) is 0 Å². The van der Waals surface area contributed by atoms with Crippen LogP contribution in [0.1, 0.15) is 39.4 Å². The van der Waals surface area contributed by atoms with E-state index in [0.29, 0.717) is 6.54 Å². The molecule has 3 aromatic rings. The van der Waals surface area contributed by atoms with Crippen molar-refractivity contribution in [2.45, 2.75) is 43.8 Å². The molecule has 0 N–H and O–H groups in total. The Morgan fingerprint density at radius 2 is 2.17 bits per heavy atom. The minimum Gasteiger partial charge on any atom is -0.467 e. The van der Waals surface area contributed by atoms with Gasteiger partial charge in [0, 0.05) is 17.0 Å². The molecule has 5 nitrogen and oxygen atoms in total. The fourth-order valence-electron chi connectivity index (χ4n) is 2.60. The highest BCUT2D eigenvalue weighted by molar-refractivity contribution is 8.02. The molecule has 0 saturated carbocycles. The average Bonchev–Trinajstić information content (AvgIpc) is 3.25.